The summed E-state index contributed by atoms with van der Waals surface area (Å²) in [6.07, 6.45) is 40.3. The normalized spacial score (nSPS) is 13.3. The minimum atomic E-state index is -0.0121. The van der Waals surface area contributed by atoms with Crippen molar-refractivity contribution >= 4 is 11.9 Å². The Morgan fingerprint density at radius 3 is 1.07 bits per heavy atom. The molecule has 0 aromatic carbocycles. The van der Waals surface area contributed by atoms with Crippen molar-refractivity contribution in [2.45, 2.75) is 253 Å². The Kier molecular flexibility index (Phi) is 42.6. The predicted octanol–water partition coefficient (Wildman–Crippen LogP) is 14.6. The van der Waals surface area contributed by atoms with Crippen LogP contribution in [0.15, 0.2) is 0 Å². The zero-order chi connectivity index (χ0) is 41.2. The Hall–Kier alpha value is -1.14. The number of carbonyl (C=O) groups excluding carboxylic acids is 2. The molecule has 0 rings (SSSR count). The highest BCUT2D eigenvalue weighted by Gasteiger charge is 2.16. The summed E-state index contributed by atoms with van der Waals surface area (Å²) in [6.45, 7) is 15.3. The highest BCUT2D eigenvalue weighted by atomic mass is 16.5. The zero-order valence-corrected chi connectivity index (χ0v) is 38.5. The van der Waals surface area contributed by atoms with E-state index in [4.69, 9.17) is 9.47 Å². The Morgan fingerprint density at radius 1 is 0.429 bits per heavy atom. The maximum absolute atomic E-state index is 12.7. The standard InChI is InChI=1S/C50H99NO5/c1-6-11-15-19-21-27-37-47(35-25-17-13-8-3)44-55-49(53)39-31-23-29-33-46(43-51(10-5)41-42-52)34-30-24-32-40-50(54)56-45-48(36-26-18-14-9-4)38-28-22-20-16-12-7-2/h46-48,52H,6-45H2,1-5H3. The fourth-order valence-corrected chi connectivity index (χ4v) is 8.30. The van der Waals surface area contributed by atoms with Crippen molar-refractivity contribution in [3.8, 4) is 0 Å². The van der Waals surface area contributed by atoms with Crippen LogP contribution in [0.25, 0.3) is 0 Å². The van der Waals surface area contributed by atoms with Crippen molar-refractivity contribution in [1.82, 2.24) is 4.90 Å². The average molecular weight is 794 g/mol. The smallest absolute Gasteiger partial charge is 0.305 e. The van der Waals surface area contributed by atoms with Gasteiger partial charge in [-0.25, -0.2) is 0 Å². The van der Waals surface area contributed by atoms with Gasteiger partial charge in [-0.1, -0.05) is 189 Å². The fraction of sp³-hybridized carbons (Fsp3) is 0.960. The predicted molar refractivity (Wildman–Crippen MR) is 241 cm³/mol. The lowest BCUT2D eigenvalue weighted by atomic mass is 9.93. The molecule has 6 heteroatoms. The van der Waals surface area contributed by atoms with Crippen molar-refractivity contribution in [1.29, 1.82) is 0 Å². The minimum absolute atomic E-state index is 0.0121. The van der Waals surface area contributed by atoms with E-state index in [2.05, 4.69) is 39.5 Å². The molecular formula is C50H99NO5. The number of rotatable bonds is 45. The van der Waals surface area contributed by atoms with Crippen molar-refractivity contribution in [3.05, 3.63) is 0 Å². The summed E-state index contributed by atoms with van der Waals surface area (Å²) in [4.78, 5) is 27.8. The third kappa shape index (κ3) is 37.2. The largest absolute Gasteiger partial charge is 0.465 e. The van der Waals surface area contributed by atoms with Crippen LogP contribution >= 0.6 is 0 Å². The maximum atomic E-state index is 12.7. The number of hydrogen-bond acceptors (Lipinski definition) is 6. The van der Waals surface area contributed by atoms with Gasteiger partial charge < -0.3 is 19.5 Å². The van der Waals surface area contributed by atoms with Gasteiger partial charge in [0.05, 0.1) is 19.8 Å². The molecule has 0 aliphatic rings. The summed E-state index contributed by atoms with van der Waals surface area (Å²) in [5.41, 5.74) is 0. The van der Waals surface area contributed by atoms with Crippen LogP contribution < -0.4 is 0 Å². The molecule has 0 saturated heterocycles. The molecule has 0 aromatic rings. The van der Waals surface area contributed by atoms with Gasteiger partial charge >= 0.3 is 11.9 Å². The number of nitrogens with zero attached hydrogens (tertiary/aromatic N) is 1. The molecular weight excluding hydrogens is 695 g/mol. The summed E-state index contributed by atoms with van der Waals surface area (Å²) < 4.78 is 11.7. The second-order valence-electron chi connectivity index (χ2n) is 17.6. The maximum Gasteiger partial charge on any atom is 0.305 e. The molecule has 1 N–H and O–H groups in total. The van der Waals surface area contributed by atoms with Gasteiger partial charge in [0.1, 0.15) is 0 Å². The molecule has 0 fully saturated rings. The summed E-state index contributed by atoms with van der Waals surface area (Å²) in [7, 11) is 0. The number of ether oxygens (including phenoxy) is 2. The number of esters is 2. The molecule has 0 aromatic heterocycles. The number of aliphatic hydroxyl groups excluding tert-OH is 1. The Bertz CT molecular complexity index is 763. The second-order valence-corrected chi connectivity index (χ2v) is 17.6. The first-order valence-corrected chi connectivity index (χ1v) is 25.1. The minimum Gasteiger partial charge on any atom is -0.465 e. The second kappa shape index (κ2) is 43.4. The molecule has 0 saturated carbocycles. The van der Waals surface area contributed by atoms with E-state index in [1.807, 2.05) is 0 Å². The van der Waals surface area contributed by atoms with Crippen molar-refractivity contribution in [2.75, 3.05) is 39.5 Å². The molecule has 0 radical (unpaired) electrons. The van der Waals surface area contributed by atoms with Gasteiger partial charge in [-0.15, -0.1) is 0 Å². The van der Waals surface area contributed by atoms with Crippen LogP contribution in [0.4, 0.5) is 0 Å². The fourth-order valence-electron chi connectivity index (χ4n) is 8.30. The first-order valence-electron chi connectivity index (χ1n) is 25.1. The van der Waals surface area contributed by atoms with Crippen LogP contribution in [0.5, 0.6) is 0 Å². The molecule has 0 bridgehead atoms. The van der Waals surface area contributed by atoms with Crippen LogP contribution in [0.1, 0.15) is 253 Å². The van der Waals surface area contributed by atoms with Gasteiger partial charge in [0.25, 0.3) is 0 Å². The highest BCUT2D eigenvalue weighted by molar-refractivity contribution is 5.69. The van der Waals surface area contributed by atoms with E-state index in [0.29, 0.717) is 43.8 Å². The number of unbranched alkanes of at least 4 members (excludes halogenated alkanes) is 20. The molecule has 2 atom stereocenters. The SMILES string of the molecule is CCCCCCCCC(CCCCCC)COC(=O)CCCCCC(CCCCCC(=O)OCC(CCCCCC)CCCCCCCC)CN(CC)CCO. The summed E-state index contributed by atoms with van der Waals surface area (Å²) in [5.74, 6) is 1.59. The number of likely N-dealkylation sites (N-methyl/N-ethyl adjacent to an activating group) is 1. The van der Waals surface area contributed by atoms with Crippen molar-refractivity contribution in [3.63, 3.8) is 0 Å². The van der Waals surface area contributed by atoms with Crippen LogP contribution in [0, 0.1) is 17.8 Å². The zero-order valence-electron chi connectivity index (χ0n) is 38.5. The first-order chi connectivity index (χ1) is 27.4. The van der Waals surface area contributed by atoms with E-state index in [1.165, 1.54) is 154 Å². The number of hydrogen-bond donors (Lipinski definition) is 1. The summed E-state index contributed by atoms with van der Waals surface area (Å²) >= 11 is 0. The van der Waals surface area contributed by atoms with Gasteiger partial charge in [-0.2, -0.15) is 0 Å². The van der Waals surface area contributed by atoms with Crippen molar-refractivity contribution in [2.24, 2.45) is 17.8 Å². The van der Waals surface area contributed by atoms with Crippen LogP contribution in [0.2, 0.25) is 0 Å². The molecule has 0 amide bonds. The lowest BCUT2D eigenvalue weighted by Crippen LogP contribution is -2.32. The quantitative estimate of drug-likeness (QED) is 0.0489. The molecule has 6 nitrogen and oxygen atoms in total. The van der Waals surface area contributed by atoms with E-state index in [-0.39, 0.29) is 18.5 Å². The third-order valence-electron chi connectivity index (χ3n) is 12.2. The van der Waals surface area contributed by atoms with E-state index in [0.717, 1.165) is 71.0 Å². The topological polar surface area (TPSA) is 76.1 Å². The molecule has 0 heterocycles. The molecule has 0 spiro atoms. The van der Waals surface area contributed by atoms with Gasteiger partial charge in [-0.3, -0.25) is 9.59 Å². The van der Waals surface area contributed by atoms with Crippen LogP contribution in [-0.2, 0) is 19.1 Å². The highest BCUT2D eigenvalue weighted by Crippen LogP contribution is 2.23. The lowest BCUT2D eigenvalue weighted by molar-refractivity contribution is -0.146. The molecule has 56 heavy (non-hydrogen) atoms. The Labute approximate surface area is 350 Å². The van der Waals surface area contributed by atoms with E-state index in [1.54, 1.807) is 0 Å². The molecule has 0 aliphatic carbocycles. The van der Waals surface area contributed by atoms with Crippen LogP contribution in [0.3, 0.4) is 0 Å². The summed E-state index contributed by atoms with van der Waals surface area (Å²) in [6, 6.07) is 0. The van der Waals surface area contributed by atoms with E-state index < -0.39 is 0 Å². The molecule has 2 unspecified atom stereocenters. The van der Waals surface area contributed by atoms with E-state index >= 15 is 0 Å². The van der Waals surface area contributed by atoms with Gasteiger partial charge in [0.15, 0.2) is 0 Å². The molecule has 334 valence electrons. The summed E-state index contributed by atoms with van der Waals surface area (Å²) in [5, 5.41) is 9.60. The van der Waals surface area contributed by atoms with Crippen molar-refractivity contribution < 1.29 is 24.2 Å². The monoisotopic (exact) mass is 794 g/mol. The number of carbonyl (C=O) groups is 2. The number of aliphatic hydroxyl groups is 1. The average Bonchev–Trinajstić information content (AvgIpc) is 3.20. The van der Waals surface area contributed by atoms with Gasteiger partial charge in [0, 0.05) is 25.9 Å². The van der Waals surface area contributed by atoms with Gasteiger partial charge in [0.2, 0.25) is 0 Å². The third-order valence-corrected chi connectivity index (χ3v) is 12.2. The van der Waals surface area contributed by atoms with E-state index in [9.17, 15) is 14.7 Å². The van der Waals surface area contributed by atoms with Crippen LogP contribution in [-0.4, -0.2) is 61.4 Å². The lowest BCUT2D eigenvalue weighted by Gasteiger charge is -2.26. The Morgan fingerprint density at radius 2 is 0.732 bits per heavy atom. The molecule has 0 aliphatic heterocycles. The Balaban J connectivity index is 4.58. The first kappa shape index (κ1) is 54.9. The van der Waals surface area contributed by atoms with Gasteiger partial charge in [-0.05, 0) is 75.7 Å².